The number of esters is 1. The fourth-order valence-corrected chi connectivity index (χ4v) is 5.19. The normalized spacial score (nSPS) is 11.8. The largest absolute Gasteiger partial charge is 0.507 e. The molecule has 0 fully saturated rings. The quantitative estimate of drug-likeness (QED) is 0.385. The molecule has 2 heterocycles. The Morgan fingerprint density at radius 2 is 2.19 bits per heavy atom. The minimum atomic E-state index is -0.614. The molecule has 0 aliphatic heterocycles. The second-order valence-electron chi connectivity index (χ2n) is 6.46. The summed E-state index contributed by atoms with van der Waals surface area (Å²) in [4.78, 5) is 29.7. The number of aromatic hydroxyl groups is 1. The first-order valence-corrected chi connectivity index (χ1v) is 12.1. The van der Waals surface area contributed by atoms with Gasteiger partial charge in [0.05, 0.1) is 29.1 Å². The van der Waals surface area contributed by atoms with Crippen LogP contribution in [0.4, 0.5) is 0 Å². The van der Waals surface area contributed by atoms with Crippen molar-refractivity contribution in [3.63, 3.8) is 0 Å². The number of benzene rings is 1. The number of aromatic nitrogens is 2. The number of nitrogens with zero attached hydrogens (tertiary/aromatic N) is 2. The van der Waals surface area contributed by atoms with Crippen LogP contribution in [0.15, 0.2) is 32.6 Å². The van der Waals surface area contributed by atoms with Gasteiger partial charge in [-0.3, -0.25) is 4.79 Å². The van der Waals surface area contributed by atoms with Gasteiger partial charge in [-0.25, -0.2) is 4.79 Å². The lowest BCUT2D eigenvalue weighted by Gasteiger charge is -2.17. The number of thiophene rings is 1. The first kappa shape index (κ1) is 24.1. The lowest BCUT2D eigenvalue weighted by atomic mass is 10.1. The van der Waals surface area contributed by atoms with Gasteiger partial charge in [0.1, 0.15) is 17.5 Å². The van der Waals surface area contributed by atoms with E-state index >= 15 is 0 Å². The molecule has 170 valence electrons. The molecule has 0 aliphatic rings. The summed E-state index contributed by atoms with van der Waals surface area (Å²) in [5.74, 6) is 0.645. The molecule has 0 spiro atoms. The molecule has 0 unspecified atom stereocenters. The van der Waals surface area contributed by atoms with Crippen LogP contribution in [0, 0.1) is 6.92 Å². The van der Waals surface area contributed by atoms with E-state index in [1.807, 2.05) is 5.38 Å². The summed E-state index contributed by atoms with van der Waals surface area (Å²) in [7, 11) is 2.69. The molecule has 9 nitrogen and oxygen atoms in total. The Labute approximate surface area is 200 Å². The van der Waals surface area contributed by atoms with Gasteiger partial charge in [0.2, 0.25) is 5.89 Å². The van der Waals surface area contributed by atoms with E-state index in [-0.39, 0.29) is 28.9 Å². The number of hydrogen-bond donors (Lipinski definition) is 2. The van der Waals surface area contributed by atoms with E-state index in [0.717, 1.165) is 0 Å². The van der Waals surface area contributed by atoms with Gasteiger partial charge >= 0.3 is 5.97 Å². The number of rotatable bonds is 9. The molecule has 2 aromatic heterocycles. The second kappa shape index (κ2) is 10.8. The molecule has 0 radical (unpaired) electrons. The number of hydrogen-bond acceptors (Lipinski definition) is 10. The summed E-state index contributed by atoms with van der Waals surface area (Å²) in [5, 5.41) is 19.0. The number of phenolic OH excluding ortho intramolecular Hbond substituents is 1. The zero-order valence-electron chi connectivity index (χ0n) is 17.4. The monoisotopic (exact) mass is 541 g/mol. The third-order valence-corrected chi connectivity index (χ3v) is 7.06. The number of phenols is 1. The number of carbonyl (C=O) groups excluding carboxylic acids is 2. The highest BCUT2D eigenvalue weighted by Gasteiger charge is 2.26. The molecule has 3 aromatic rings. The molecular formula is C20H20BrN3O6S2. The molecule has 1 aromatic carbocycles. The fraction of sp³-hybridized carbons (Fsp3) is 0.300. The van der Waals surface area contributed by atoms with Gasteiger partial charge in [0, 0.05) is 23.1 Å². The predicted octanol–water partition coefficient (Wildman–Crippen LogP) is 4.11. The third-order valence-electron chi connectivity index (χ3n) is 4.35. The number of nitrogens with one attached hydrogen (secondary N) is 1. The Bertz CT molecular complexity index is 1100. The van der Waals surface area contributed by atoms with Crippen LogP contribution in [-0.4, -0.2) is 47.1 Å². The minimum absolute atomic E-state index is 0.106. The van der Waals surface area contributed by atoms with Crippen LogP contribution in [-0.2, 0) is 10.5 Å². The van der Waals surface area contributed by atoms with Crippen molar-refractivity contribution >= 4 is 50.9 Å². The van der Waals surface area contributed by atoms with Gasteiger partial charge in [-0.15, -0.1) is 11.3 Å². The van der Waals surface area contributed by atoms with Gasteiger partial charge in [-0.2, -0.15) is 16.7 Å². The molecule has 0 aliphatic carbocycles. The van der Waals surface area contributed by atoms with Crippen LogP contribution in [0.5, 0.6) is 11.5 Å². The zero-order valence-corrected chi connectivity index (χ0v) is 20.6. The second-order valence-corrected chi connectivity index (χ2v) is 9.23. The van der Waals surface area contributed by atoms with Crippen LogP contribution < -0.4 is 10.1 Å². The molecule has 2 N–H and O–H groups in total. The van der Waals surface area contributed by atoms with Crippen molar-refractivity contribution in [2.45, 2.75) is 18.7 Å². The van der Waals surface area contributed by atoms with E-state index in [0.29, 0.717) is 32.2 Å². The van der Waals surface area contributed by atoms with Crippen molar-refractivity contribution in [2.75, 3.05) is 20.0 Å². The predicted molar refractivity (Wildman–Crippen MR) is 123 cm³/mol. The smallest absolute Gasteiger partial charge is 0.339 e. The number of methoxy groups -OCH3 is 2. The van der Waals surface area contributed by atoms with Crippen LogP contribution in [0.2, 0.25) is 0 Å². The van der Waals surface area contributed by atoms with Crippen molar-refractivity contribution in [3.8, 4) is 11.5 Å². The molecule has 32 heavy (non-hydrogen) atoms. The summed E-state index contributed by atoms with van der Waals surface area (Å²) in [6.07, 6.45) is 0. The van der Waals surface area contributed by atoms with Crippen molar-refractivity contribution in [1.82, 2.24) is 15.5 Å². The minimum Gasteiger partial charge on any atom is -0.507 e. The lowest BCUT2D eigenvalue weighted by molar-refractivity contribution is 0.0597. The van der Waals surface area contributed by atoms with Crippen molar-refractivity contribution in [2.24, 2.45) is 0 Å². The molecule has 1 atom stereocenters. The topological polar surface area (TPSA) is 124 Å². The van der Waals surface area contributed by atoms with Crippen LogP contribution in [0.1, 0.15) is 43.4 Å². The molecule has 0 bridgehead atoms. The Morgan fingerprint density at radius 1 is 1.41 bits per heavy atom. The Kier molecular flexibility index (Phi) is 8.15. The van der Waals surface area contributed by atoms with Crippen molar-refractivity contribution < 1.29 is 28.7 Å². The average Bonchev–Trinajstić information content (AvgIpc) is 3.46. The molecule has 1 amide bonds. The summed E-state index contributed by atoms with van der Waals surface area (Å²) in [6, 6.07) is 4.36. The summed E-state index contributed by atoms with van der Waals surface area (Å²) < 4.78 is 15.7. The number of thioether (sulfide) groups is 1. The van der Waals surface area contributed by atoms with Crippen molar-refractivity contribution in [1.29, 1.82) is 0 Å². The summed E-state index contributed by atoms with van der Waals surface area (Å²) in [6.45, 7) is 1.69. The third kappa shape index (κ3) is 5.43. The fourth-order valence-electron chi connectivity index (χ4n) is 2.81. The van der Waals surface area contributed by atoms with Crippen LogP contribution >= 0.6 is 39.0 Å². The van der Waals surface area contributed by atoms with E-state index in [9.17, 15) is 14.7 Å². The number of amides is 1. The van der Waals surface area contributed by atoms with Gasteiger partial charge < -0.3 is 24.4 Å². The Balaban J connectivity index is 1.80. The van der Waals surface area contributed by atoms with Gasteiger partial charge in [0.15, 0.2) is 5.82 Å². The van der Waals surface area contributed by atoms with E-state index in [1.54, 1.807) is 19.1 Å². The maximum atomic E-state index is 12.6. The number of aryl methyl sites for hydroxylation is 1. The van der Waals surface area contributed by atoms with Gasteiger partial charge in [0.25, 0.3) is 5.91 Å². The summed E-state index contributed by atoms with van der Waals surface area (Å²) in [5.41, 5.74) is 0.546. The molecule has 12 heteroatoms. The van der Waals surface area contributed by atoms with Gasteiger partial charge in [-0.1, -0.05) is 11.2 Å². The van der Waals surface area contributed by atoms with Crippen molar-refractivity contribution in [3.05, 3.63) is 55.8 Å². The standard InChI is InChI=1S/C20H20BrN3O6S2/c1-10-22-19(30-24-10)12(23-18(26)15-5-4-6-32-15)9-31-8-11-13(25)7-14(28-2)17(21)16(11)20(27)29-3/h4-7,12,25H,8-9H2,1-3H3,(H,23,26)/t12-/m0/s1. The Morgan fingerprint density at radius 3 is 2.78 bits per heavy atom. The average molecular weight is 542 g/mol. The van der Waals surface area contributed by atoms with Crippen LogP contribution in [0.3, 0.4) is 0 Å². The SMILES string of the molecule is COC(=O)c1c(Br)c(OC)cc(O)c1CSC[C@H](NC(=O)c1cccs1)c1nc(C)no1. The highest BCUT2D eigenvalue weighted by atomic mass is 79.9. The molecule has 0 saturated heterocycles. The Hall–Kier alpha value is -2.57. The maximum Gasteiger partial charge on any atom is 0.339 e. The number of halogens is 1. The highest BCUT2D eigenvalue weighted by molar-refractivity contribution is 9.10. The molecular weight excluding hydrogens is 522 g/mol. The molecule has 0 saturated carbocycles. The number of ether oxygens (including phenoxy) is 2. The summed E-state index contributed by atoms with van der Waals surface area (Å²) >= 11 is 6.04. The van der Waals surface area contributed by atoms with Crippen LogP contribution in [0.25, 0.3) is 0 Å². The lowest BCUT2D eigenvalue weighted by Crippen LogP contribution is -2.30. The van der Waals surface area contributed by atoms with Gasteiger partial charge in [-0.05, 0) is 34.3 Å². The number of carbonyl (C=O) groups is 2. The van der Waals surface area contributed by atoms with E-state index < -0.39 is 12.0 Å². The van der Waals surface area contributed by atoms with E-state index in [4.69, 9.17) is 14.0 Å². The first-order chi connectivity index (χ1) is 15.3. The zero-order chi connectivity index (χ0) is 23.3. The van der Waals surface area contributed by atoms with E-state index in [1.165, 1.54) is 43.4 Å². The first-order valence-electron chi connectivity index (χ1n) is 9.24. The highest BCUT2D eigenvalue weighted by Crippen LogP contribution is 2.39. The maximum absolute atomic E-state index is 12.6. The molecule has 3 rings (SSSR count). The van der Waals surface area contributed by atoms with E-state index in [2.05, 4.69) is 31.4 Å².